The Kier molecular flexibility index (Phi) is 5.77. The van der Waals surface area contributed by atoms with Crippen molar-refractivity contribution >= 4 is 28.6 Å². The fourth-order valence-electron chi connectivity index (χ4n) is 2.58. The molecule has 6 nitrogen and oxygen atoms in total. The normalized spacial score (nSPS) is 11.6. The second-order valence-corrected chi connectivity index (χ2v) is 6.68. The lowest BCUT2D eigenvalue weighted by atomic mass is 10.1. The Morgan fingerprint density at radius 2 is 1.93 bits per heavy atom. The van der Waals surface area contributed by atoms with Gasteiger partial charge in [-0.25, -0.2) is 0 Å². The van der Waals surface area contributed by atoms with Gasteiger partial charge in [-0.05, 0) is 29.1 Å². The molecule has 1 unspecified atom stereocenters. The van der Waals surface area contributed by atoms with Gasteiger partial charge in [0.05, 0.1) is 17.5 Å². The SMILES string of the molecule is O=C(CNc1ccc(F)c([N+](=O)[O-])c1)NC(c1ccccc1)c1cccs1. The van der Waals surface area contributed by atoms with Crippen LogP contribution in [0, 0.1) is 15.9 Å². The van der Waals surface area contributed by atoms with Crippen LogP contribution in [-0.2, 0) is 4.79 Å². The maximum atomic E-state index is 13.4. The van der Waals surface area contributed by atoms with Crippen LogP contribution in [0.15, 0.2) is 66.0 Å². The number of amides is 1. The van der Waals surface area contributed by atoms with Crippen LogP contribution < -0.4 is 10.6 Å². The molecule has 0 radical (unpaired) electrons. The average Bonchev–Trinajstić information content (AvgIpc) is 3.20. The van der Waals surface area contributed by atoms with E-state index in [4.69, 9.17) is 0 Å². The van der Waals surface area contributed by atoms with E-state index in [2.05, 4.69) is 10.6 Å². The number of hydrogen-bond acceptors (Lipinski definition) is 5. The molecule has 2 aromatic carbocycles. The highest BCUT2D eigenvalue weighted by molar-refractivity contribution is 7.10. The van der Waals surface area contributed by atoms with Crippen LogP contribution in [0.5, 0.6) is 0 Å². The Bertz CT molecular complexity index is 933. The monoisotopic (exact) mass is 385 g/mol. The van der Waals surface area contributed by atoms with Gasteiger partial charge in [0.15, 0.2) is 0 Å². The quantitative estimate of drug-likeness (QED) is 0.473. The van der Waals surface area contributed by atoms with Gasteiger partial charge in [-0.1, -0.05) is 36.4 Å². The van der Waals surface area contributed by atoms with Crippen LogP contribution in [0.2, 0.25) is 0 Å². The van der Waals surface area contributed by atoms with Crippen LogP contribution in [0.4, 0.5) is 15.8 Å². The molecule has 1 amide bonds. The molecule has 0 aliphatic rings. The van der Waals surface area contributed by atoms with Crippen LogP contribution in [0.3, 0.4) is 0 Å². The van der Waals surface area contributed by atoms with Gasteiger partial charge in [-0.15, -0.1) is 11.3 Å². The standard InChI is InChI=1S/C19H16FN3O3S/c20-15-9-8-14(11-16(15)23(25)26)21-12-18(24)22-19(17-7-4-10-27-17)13-5-2-1-3-6-13/h1-11,19,21H,12H2,(H,22,24). The molecule has 0 spiro atoms. The summed E-state index contributed by atoms with van der Waals surface area (Å²) < 4.78 is 13.4. The molecule has 3 aromatic rings. The lowest BCUT2D eigenvalue weighted by Gasteiger charge is -2.18. The molecule has 3 rings (SSSR count). The molecule has 1 atom stereocenters. The highest BCUT2D eigenvalue weighted by Gasteiger charge is 2.18. The molecule has 27 heavy (non-hydrogen) atoms. The van der Waals surface area contributed by atoms with E-state index in [9.17, 15) is 19.3 Å². The van der Waals surface area contributed by atoms with Crippen LogP contribution in [0.1, 0.15) is 16.5 Å². The highest BCUT2D eigenvalue weighted by atomic mass is 32.1. The van der Waals surface area contributed by atoms with Crippen molar-refractivity contribution < 1.29 is 14.1 Å². The zero-order valence-electron chi connectivity index (χ0n) is 14.1. The Morgan fingerprint density at radius 1 is 1.15 bits per heavy atom. The summed E-state index contributed by atoms with van der Waals surface area (Å²) >= 11 is 1.54. The minimum Gasteiger partial charge on any atom is -0.376 e. The molecular formula is C19H16FN3O3S. The largest absolute Gasteiger partial charge is 0.376 e. The van der Waals surface area contributed by atoms with E-state index in [1.807, 2.05) is 47.8 Å². The smallest absolute Gasteiger partial charge is 0.306 e. The highest BCUT2D eigenvalue weighted by Crippen LogP contribution is 2.26. The van der Waals surface area contributed by atoms with Gasteiger partial charge in [0.2, 0.25) is 11.7 Å². The summed E-state index contributed by atoms with van der Waals surface area (Å²) in [6, 6.07) is 16.6. The molecule has 0 aliphatic carbocycles. The molecule has 2 N–H and O–H groups in total. The fourth-order valence-corrected chi connectivity index (χ4v) is 3.38. The zero-order chi connectivity index (χ0) is 19.2. The molecule has 8 heteroatoms. The average molecular weight is 385 g/mol. The first-order chi connectivity index (χ1) is 13.0. The Labute approximate surface area is 158 Å². The second kappa shape index (κ2) is 8.41. The van der Waals surface area contributed by atoms with Crippen LogP contribution in [0.25, 0.3) is 0 Å². The fraction of sp³-hybridized carbons (Fsp3) is 0.105. The number of carbonyl (C=O) groups excluding carboxylic acids is 1. The summed E-state index contributed by atoms with van der Waals surface area (Å²) in [5.41, 5.74) is 0.609. The molecule has 1 aromatic heterocycles. The second-order valence-electron chi connectivity index (χ2n) is 5.70. The van der Waals surface area contributed by atoms with Gasteiger partial charge in [0.25, 0.3) is 0 Å². The van der Waals surface area contributed by atoms with E-state index in [-0.39, 0.29) is 18.5 Å². The summed E-state index contributed by atoms with van der Waals surface area (Å²) in [7, 11) is 0. The number of halogens is 1. The first kappa shape index (κ1) is 18.5. The number of nitro groups is 1. The van der Waals surface area contributed by atoms with E-state index in [1.54, 1.807) is 0 Å². The van der Waals surface area contributed by atoms with E-state index in [0.29, 0.717) is 5.69 Å². The molecule has 0 bridgehead atoms. The van der Waals surface area contributed by atoms with E-state index >= 15 is 0 Å². The van der Waals surface area contributed by atoms with E-state index < -0.39 is 16.4 Å². The molecule has 1 heterocycles. The van der Waals surface area contributed by atoms with Crippen molar-refractivity contribution in [2.24, 2.45) is 0 Å². The Morgan fingerprint density at radius 3 is 2.59 bits per heavy atom. The molecule has 0 saturated heterocycles. The number of nitrogens with one attached hydrogen (secondary N) is 2. The molecule has 0 fully saturated rings. The lowest BCUT2D eigenvalue weighted by molar-refractivity contribution is -0.387. The van der Waals surface area contributed by atoms with Gasteiger partial charge in [-0.3, -0.25) is 14.9 Å². The van der Waals surface area contributed by atoms with Gasteiger partial charge in [0, 0.05) is 16.6 Å². The summed E-state index contributed by atoms with van der Waals surface area (Å²) in [6.07, 6.45) is 0. The van der Waals surface area contributed by atoms with E-state index in [1.165, 1.54) is 17.4 Å². The minimum absolute atomic E-state index is 0.0997. The predicted octanol–water partition coefficient (Wildman–Crippen LogP) is 4.11. The first-order valence-electron chi connectivity index (χ1n) is 8.10. The third-order valence-corrected chi connectivity index (χ3v) is 4.80. The third kappa shape index (κ3) is 4.68. The van der Waals surface area contributed by atoms with Crippen molar-refractivity contribution in [3.05, 3.63) is 92.4 Å². The number of rotatable bonds is 7. The Balaban J connectivity index is 1.69. The van der Waals surface area contributed by atoms with Gasteiger partial charge < -0.3 is 10.6 Å². The molecular weight excluding hydrogens is 369 g/mol. The number of thiophene rings is 1. The van der Waals surface area contributed by atoms with Crippen molar-refractivity contribution in [2.45, 2.75) is 6.04 Å². The summed E-state index contributed by atoms with van der Waals surface area (Å²) in [5.74, 6) is -1.21. The van der Waals surface area contributed by atoms with Crippen molar-refractivity contribution in [1.82, 2.24) is 5.32 Å². The first-order valence-corrected chi connectivity index (χ1v) is 8.98. The van der Waals surface area contributed by atoms with Crippen molar-refractivity contribution in [3.63, 3.8) is 0 Å². The number of hydrogen-bond donors (Lipinski definition) is 2. The number of nitrogens with zero attached hydrogens (tertiary/aromatic N) is 1. The van der Waals surface area contributed by atoms with Crippen molar-refractivity contribution in [2.75, 3.05) is 11.9 Å². The summed E-state index contributed by atoms with van der Waals surface area (Å²) in [4.78, 5) is 23.4. The molecule has 138 valence electrons. The maximum absolute atomic E-state index is 13.4. The number of carbonyl (C=O) groups is 1. The number of nitro benzene ring substituents is 1. The van der Waals surface area contributed by atoms with Gasteiger partial charge in [0.1, 0.15) is 0 Å². The predicted molar refractivity (Wildman–Crippen MR) is 102 cm³/mol. The van der Waals surface area contributed by atoms with Crippen molar-refractivity contribution in [1.29, 1.82) is 0 Å². The Hall–Kier alpha value is -3.26. The summed E-state index contributed by atoms with van der Waals surface area (Å²) in [5, 5.41) is 18.5. The van der Waals surface area contributed by atoms with Crippen molar-refractivity contribution in [3.8, 4) is 0 Å². The van der Waals surface area contributed by atoms with Crippen LogP contribution in [-0.4, -0.2) is 17.4 Å². The van der Waals surface area contributed by atoms with E-state index in [0.717, 1.165) is 22.6 Å². The number of anilines is 1. The van der Waals surface area contributed by atoms with Gasteiger partial charge in [-0.2, -0.15) is 4.39 Å². The third-order valence-electron chi connectivity index (χ3n) is 3.86. The summed E-state index contributed by atoms with van der Waals surface area (Å²) in [6.45, 7) is -0.0997. The number of benzene rings is 2. The topological polar surface area (TPSA) is 84.3 Å². The maximum Gasteiger partial charge on any atom is 0.306 e. The lowest BCUT2D eigenvalue weighted by Crippen LogP contribution is -2.33. The molecule has 0 saturated carbocycles. The van der Waals surface area contributed by atoms with Crippen LogP contribution >= 0.6 is 11.3 Å². The van der Waals surface area contributed by atoms with Gasteiger partial charge >= 0.3 is 5.69 Å². The zero-order valence-corrected chi connectivity index (χ0v) is 14.9. The minimum atomic E-state index is -0.920. The molecule has 0 aliphatic heterocycles.